The Hall–Kier alpha value is -2.27. The van der Waals surface area contributed by atoms with Crippen molar-refractivity contribution in [2.24, 2.45) is 11.7 Å². The average Bonchev–Trinajstić information content (AvgIpc) is 3.21. The lowest BCUT2D eigenvalue weighted by molar-refractivity contribution is -0.120. The van der Waals surface area contributed by atoms with E-state index in [4.69, 9.17) is 22.1 Å². The highest BCUT2D eigenvalue weighted by Crippen LogP contribution is 2.36. The predicted molar refractivity (Wildman–Crippen MR) is 126 cm³/mol. The van der Waals surface area contributed by atoms with E-state index < -0.39 is 23.5 Å². The number of carbonyl (C=O) groups is 1. The average molecular weight is 512 g/mol. The normalized spacial score (nSPS) is 21.6. The lowest BCUT2D eigenvalue weighted by Crippen LogP contribution is -2.43. The highest BCUT2D eigenvalue weighted by molar-refractivity contribution is 6.28. The SMILES string of the molecule is C[C@](N)(Nc1nc(Cl)nc2c1CC(CCC(=O)CC1COCCN1)C2)c1cccc(C(F)F)c1F. The molecule has 2 heterocycles. The van der Waals surface area contributed by atoms with Crippen LogP contribution in [0.4, 0.5) is 19.0 Å². The Morgan fingerprint density at radius 1 is 1.37 bits per heavy atom. The van der Waals surface area contributed by atoms with Crippen molar-refractivity contribution in [2.75, 3.05) is 25.1 Å². The smallest absolute Gasteiger partial charge is 0.266 e. The summed E-state index contributed by atoms with van der Waals surface area (Å²) >= 11 is 6.14. The van der Waals surface area contributed by atoms with Crippen molar-refractivity contribution in [3.8, 4) is 0 Å². The van der Waals surface area contributed by atoms with Gasteiger partial charge in [-0.1, -0.05) is 18.2 Å². The molecule has 0 saturated carbocycles. The Labute approximate surface area is 207 Å². The summed E-state index contributed by atoms with van der Waals surface area (Å²) in [5.74, 6) is -0.383. The third kappa shape index (κ3) is 6.11. The van der Waals surface area contributed by atoms with Gasteiger partial charge in [-0.25, -0.2) is 23.1 Å². The van der Waals surface area contributed by atoms with Crippen molar-refractivity contribution in [2.45, 2.75) is 57.2 Å². The molecule has 4 rings (SSSR count). The molecule has 0 radical (unpaired) electrons. The number of anilines is 1. The standard InChI is InChI=1S/C24H29ClF3N5O2/c1-24(29,18-4-2-3-16(20(18)26)21(27)28)33-22-17-9-13(10-19(17)31-23(25)32-22)5-6-15(34)11-14-12-35-8-7-30-14/h2-4,13-14,21,30H,5-12,29H2,1H3,(H,31,32,33)/t13?,14?,24-/m0/s1. The van der Waals surface area contributed by atoms with Gasteiger partial charge in [0, 0.05) is 36.6 Å². The largest absolute Gasteiger partial charge is 0.379 e. The van der Waals surface area contributed by atoms with Crippen LogP contribution in [0.1, 0.15) is 55.0 Å². The minimum Gasteiger partial charge on any atom is -0.379 e. The number of hydrogen-bond donors (Lipinski definition) is 3. The first-order valence-electron chi connectivity index (χ1n) is 11.7. The number of halogens is 4. The number of nitrogens with one attached hydrogen (secondary N) is 2. The molecule has 1 aromatic heterocycles. The van der Waals surface area contributed by atoms with Gasteiger partial charge in [0.15, 0.2) is 0 Å². The molecule has 1 fully saturated rings. The van der Waals surface area contributed by atoms with E-state index in [1.165, 1.54) is 19.1 Å². The molecule has 190 valence electrons. The van der Waals surface area contributed by atoms with E-state index in [2.05, 4.69) is 20.6 Å². The van der Waals surface area contributed by atoms with Crippen LogP contribution < -0.4 is 16.4 Å². The number of alkyl halides is 2. The molecule has 1 aliphatic carbocycles. The van der Waals surface area contributed by atoms with Gasteiger partial charge in [-0.15, -0.1) is 0 Å². The van der Waals surface area contributed by atoms with Crippen LogP contribution in [0.2, 0.25) is 5.28 Å². The molecular formula is C24H29ClF3N5O2. The van der Waals surface area contributed by atoms with Crippen molar-refractivity contribution < 1.29 is 22.7 Å². The topological polar surface area (TPSA) is 102 Å². The second-order valence-electron chi connectivity index (χ2n) is 9.39. The van der Waals surface area contributed by atoms with Crippen molar-refractivity contribution >= 4 is 23.2 Å². The summed E-state index contributed by atoms with van der Waals surface area (Å²) in [4.78, 5) is 21.0. The Kier molecular flexibility index (Phi) is 7.95. The van der Waals surface area contributed by atoms with Crippen molar-refractivity contribution in [1.29, 1.82) is 0 Å². The van der Waals surface area contributed by atoms with Crippen LogP contribution in [0.25, 0.3) is 0 Å². The lowest BCUT2D eigenvalue weighted by Gasteiger charge is -2.29. The zero-order valence-corrected chi connectivity index (χ0v) is 20.2. The van der Waals surface area contributed by atoms with Gasteiger partial charge in [0.2, 0.25) is 5.28 Å². The number of carbonyl (C=O) groups excluding carboxylic acids is 1. The van der Waals surface area contributed by atoms with Gasteiger partial charge in [-0.2, -0.15) is 0 Å². The first kappa shape index (κ1) is 25.8. The van der Waals surface area contributed by atoms with E-state index in [1.807, 2.05) is 0 Å². The number of fused-ring (bicyclic) bond motifs is 1. The lowest BCUT2D eigenvalue weighted by atomic mass is 9.96. The summed E-state index contributed by atoms with van der Waals surface area (Å²) in [5.41, 5.74) is 5.51. The van der Waals surface area contributed by atoms with Crippen LogP contribution in [0.15, 0.2) is 18.2 Å². The molecule has 2 aromatic rings. The van der Waals surface area contributed by atoms with Gasteiger partial charge in [0.25, 0.3) is 6.43 Å². The fourth-order valence-electron chi connectivity index (χ4n) is 4.75. The maximum atomic E-state index is 14.8. The Balaban J connectivity index is 1.44. The molecule has 2 unspecified atom stereocenters. The monoisotopic (exact) mass is 511 g/mol. The molecule has 0 spiro atoms. The molecule has 0 amide bonds. The minimum atomic E-state index is -2.96. The summed E-state index contributed by atoms with van der Waals surface area (Å²) in [6, 6.07) is 3.79. The third-order valence-corrected chi connectivity index (χ3v) is 6.71. The van der Waals surface area contributed by atoms with Crippen molar-refractivity contribution in [1.82, 2.24) is 15.3 Å². The summed E-state index contributed by atoms with van der Waals surface area (Å²) in [5, 5.41) is 6.28. The Bertz CT molecular complexity index is 1080. The molecular weight excluding hydrogens is 483 g/mol. The quantitative estimate of drug-likeness (QED) is 0.347. The highest BCUT2D eigenvalue weighted by Gasteiger charge is 2.33. The molecule has 0 bridgehead atoms. The second kappa shape index (κ2) is 10.8. The van der Waals surface area contributed by atoms with Gasteiger partial charge >= 0.3 is 0 Å². The summed E-state index contributed by atoms with van der Waals surface area (Å²) in [6.07, 6.45) is -0.171. The number of aromatic nitrogens is 2. The predicted octanol–water partition coefficient (Wildman–Crippen LogP) is 3.89. The zero-order chi connectivity index (χ0) is 25.2. The van der Waals surface area contributed by atoms with E-state index >= 15 is 0 Å². The van der Waals surface area contributed by atoms with Crippen LogP contribution in [-0.4, -0.2) is 41.6 Å². The number of benzene rings is 1. The van der Waals surface area contributed by atoms with Gasteiger partial charge in [0.1, 0.15) is 23.1 Å². The van der Waals surface area contributed by atoms with Crippen LogP contribution in [0, 0.1) is 11.7 Å². The molecule has 7 nitrogen and oxygen atoms in total. The van der Waals surface area contributed by atoms with E-state index in [-0.39, 0.29) is 28.6 Å². The molecule has 1 aliphatic heterocycles. The summed E-state index contributed by atoms with van der Waals surface area (Å²) in [7, 11) is 0. The highest BCUT2D eigenvalue weighted by atomic mass is 35.5. The Morgan fingerprint density at radius 3 is 2.89 bits per heavy atom. The van der Waals surface area contributed by atoms with Gasteiger partial charge in [-0.3, -0.25) is 4.79 Å². The third-order valence-electron chi connectivity index (χ3n) is 6.55. The number of hydrogen-bond acceptors (Lipinski definition) is 7. The van der Waals surface area contributed by atoms with Crippen molar-refractivity contribution in [3.05, 3.63) is 51.7 Å². The number of ether oxygens (including phenoxy) is 1. The maximum Gasteiger partial charge on any atom is 0.266 e. The molecule has 35 heavy (non-hydrogen) atoms. The van der Waals surface area contributed by atoms with E-state index in [0.29, 0.717) is 51.1 Å². The number of rotatable bonds is 9. The minimum absolute atomic E-state index is 0.00366. The van der Waals surface area contributed by atoms with E-state index in [0.717, 1.165) is 23.9 Å². The van der Waals surface area contributed by atoms with E-state index in [1.54, 1.807) is 0 Å². The van der Waals surface area contributed by atoms with E-state index in [9.17, 15) is 18.0 Å². The summed E-state index contributed by atoms with van der Waals surface area (Å²) < 4.78 is 46.6. The molecule has 1 saturated heterocycles. The first-order chi connectivity index (χ1) is 16.6. The van der Waals surface area contributed by atoms with Crippen molar-refractivity contribution in [3.63, 3.8) is 0 Å². The molecule has 11 heteroatoms. The Morgan fingerprint density at radius 2 is 2.17 bits per heavy atom. The van der Waals surface area contributed by atoms with Crippen LogP contribution in [0.5, 0.6) is 0 Å². The van der Waals surface area contributed by atoms with Crippen LogP contribution in [-0.2, 0) is 28.0 Å². The van der Waals surface area contributed by atoms with Crippen LogP contribution >= 0.6 is 11.6 Å². The first-order valence-corrected chi connectivity index (χ1v) is 12.0. The fraction of sp³-hybridized carbons (Fsp3) is 0.542. The summed E-state index contributed by atoms with van der Waals surface area (Å²) in [6.45, 7) is 3.44. The number of Topliss-reactive ketones (excluding diaryl/α,β-unsaturated/α-hetero) is 1. The van der Waals surface area contributed by atoms with Gasteiger partial charge < -0.3 is 21.1 Å². The van der Waals surface area contributed by atoms with Gasteiger partial charge in [0.05, 0.1) is 24.5 Å². The fourth-order valence-corrected chi connectivity index (χ4v) is 4.94. The second-order valence-corrected chi connectivity index (χ2v) is 9.72. The molecule has 2 aliphatic rings. The number of morpholine rings is 1. The molecule has 1 aromatic carbocycles. The van der Waals surface area contributed by atoms with Crippen LogP contribution in [0.3, 0.4) is 0 Å². The molecule has 4 N–H and O–H groups in total. The number of ketones is 1. The molecule has 3 atom stereocenters. The number of nitrogens with two attached hydrogens (primary N) is 1. The number of nitrogens with zero attached hydrogens (tertiary/aromatic N) is 2. The maximum absolute atomic E-state index is 14.8. The zero-order valence-electron chi connectivity index (χ0n) is 19.4. The van der Waals surface area contributed by atoms with Gasteiger partial charge in [-0.05, 0) is 43.7 Å².